The second-order valence-corrected chi connectivity index (χ2v) is 12.6. The molecule has 4 rings (SSSR count). The van der Waals surface area contributed by atoms with E-state index in [4.69, 9.17) is 4.74 Å². The molecular weight excluding hydrogens is 490 g/mol. The lowest BCUT2D eigenvalue weighted by Gasteiger charge is -2.53. The Labute approximate surface area is 223 Å². The van der Waals surface area contributed by atoms with E-state index in [0.29, 0.717) is 29.2 Å². The van der Waals surface area contributed by atoms with Crippen molar-refractivity contribution in [3.63, 3.8) is 0 Å². The second-order valence-electron chi connectivity index (χ2n) is 12.6. The summed E-state index contributed by atoms with van der Waals surface area (Å²) in [5.41, 5.74) is 0.230. The number of carbonyl (C=O) groups excluding carboxylic acids is 2. The van der Waals surface area contributed by atoms with Gasteiger partial charge in [-0.2, -0.15) is 0 Å². The van der Waals surface area contributed by atoms with Gasteiger partial charge in [0.2, 0.25) is 0 Å². The normalized spacial score (nSPS) is 19.9. The van der Waals surface area contributed by atoms with Crippen molar-refractivity contribution < 1.29 is 23.1 Å². The topological polar surface area (TPSA) is 75.6 Å². The van der Waals surface area contributed by atoms with E-state index < -0.39 is 17.1 Å². The first kappa shape index (κ1) is 27.9. The third kappa shape index (κ3) is 5.52. The summed E-state index contributed by atoms with van der Waals surface area (Å²) >= 11 is 0. The average Bonchev–Trinajstić information content (AvgIpc) is 2.82. The molecule has 0 aliphatic carbocycles. The summed E-state index contributed by atoms with van der Waals surface area (Å²) in [6.45, 7) is 14.3. The van der Waals surface area contributed by atoms with Crippen LogP contribution in [0.15, 0.2) is 30.7 Å². The molecule has 0 radical (unpaired) electrons. The van der Waals surface area contributed by atoms with Crippen LogP contribution in [0.4, 0.5) is 20.3 Å². The van der Waals surface area contributed by atoms with Crippen molar-refractivity contribution in [1.82, 2.24) is 14.9 Å². The first-order valence-corrected chi connectivity index (χ1v) is 13.2. The Morgan fingerprint density at radius 2 is 1.66 bits per heavy atom. The highest BCUT2D eigenvalue weighted by Crippen LogP contribution is 2.49. The fourth-order valence-electron chi connectivity index (χ4n) is 4.73. The number of ketones is 1. The number of Topliss-reactive ketones (excluding diaryl/α,β-unsaturated/α-hetero) is 1. The Balaban J connectivity index is 1.68. The molecule has 0 bridgehead atoms. The van der Waals surface area contributed by atoms with Crippen LogP contribution in [0.5, 0.6) is 5.75 Å². The molecule has 7 nitrogen and oxygen atoms in total. The van der Waals surface area contributed by atoms with Gasteiger partial charge < -0.3 is 14.5 Å². The summed E-state index contributed by atoms with van der Waals surface area (Å²) < 4.78 is 33.6. The van der Waals surface area contributed by atoms with Crippen LogP contribution in [-0.2, 0) is 0 Å². The molecule has 0 N–H and O–H groups in total. The molecule has 1 amide bonds. The minimum absolute atomic E-state index is 0.00384. The van der Waals surface area contributed by atoms with E-state index in [1.54, 1.807) is 18.5 Å². The Kier molecular flexibility index (Phi) is 7.04. The molecule has 2 aromatic heterocycles. The summed E-state index contributed by atoms with van der Waals surface area (Å²) in [4.78, 5) is 38.5. The Morgan fingerprint density at radius 3 is 2.29 bits per heavy atom. The maximum Gasteiger partial charge on any atom is 0.255 e. The first-order valence-electron chi connectivity index (χ1n) is 13.2. The number of likely N-dealkylation sites (tertiary alicyclic amines) is 1. The van der Waals surface area contributed by atoms with Gasteiger partial charge in [-0.1, -0.05) is 20.8 Å². The van der Waals surface area contributed by atoms with E-state index in [0.717, 1.165) is 6.42 Å². The van der Waals surface area contributed by atoms with E-state index in [-0.39, 0.29) is 48.6 Å². The van der Waals surface area contributed by atoms with Crippen LogP contribution in [0, 0.1) is 5.41 Å². The summed E-state index contributed by atoms with van der Waals surface area (Å²) in [5.74, 6) is -2.15. The molecule has 1 saturated heterocycles. The quantitative estimate of drug-likeness (QED) is 0.416. The predicted molar refractivity (Wildman–Crippen MR) is 143 cm³/mol. The number of rotatable bonds is 5. The van der Waals surface area contributed by atoms with Crippen molar-refractivity contribution in [3.8, 4) is 5.75 Å². The lowest BCUT2D eigenvalue weighted by Crippen LogP contribution is -2.62. The Morgan fingerprint density at radius 1 is 1.00 bits per heavy atom. The fourth-order valence-corrected chi connectivity index (χ4v) is 4.73. The van der Waals surface area contributed by atoms with Crippen LogP contribution in [0.3, 0.4) is 0 Å². The van der Waals surface area contributed by atoms with Crippen molar-refractivity contribution in [2.75, 3.05) is 18.0 Å². The largest absolute Gasteiger partial charge is 0.481 e. The van der Waals surface area contributed by atoms with Gasteiger partial charge >= 0.3 is 0 Å². The highest BCUT2D eigenvalue weighted by molar-refractivity contribution is 5.97. The zero-order valence-electron chi connectivity index (χ0n) is 23.4. The standard InChI is InChI=1S/C29H38F2N4O3/c1-26(2,3)9-8-22(36)19-14-21(18-32-16-19)35-24-23(38-28(6,7)27(35,4)5)15-20(17-33-24)25(37)34-12-10-29(30,31)11-13-34/h14-18H,8-13H2,1-7H3. The summed E-state index contributed by atoms with van der Waals surface area (Å²) in [6.07, 6.45) is 5.25. The Bertz CT molecular complexity index is 1230. The van der Waals surface area contributed by atoms with Gasteiger partial charge in [0.1, 0.15) is 5.60 Å². The minimum Gasteiger partial charge on any atom is -0.481 e. The molecule has 0 saturated carbocycles. The number of ether oxygens (including phenoxy) is 1. The molecule has 0 spiro atoms. The molecule has 2 aliphatic heterocycles. The van der Waals surface area contributed by atoms with Crippen molar-refractivity contribution in [2.45, 2.75) is 91.2 Å². The maximum atomic E-state index is 13.6. The number of pyridine rings is 2. The number of aromatic nitrogens is 2. The number of piperidine rings is 1. The molecule has 0 aromatic carbocycles. The number of amides is 1. The van der Waals surface area contributed by atoms with Gasteiger partial charge in [0.25, 0.3) is 11.8 Å². The van der Waals surface area contributed by atoms with E-state index in [9.17, 15) is 18.4 Å². The molecule has 2 aliphatic rings. The maximum absolute atomic E-state index is 13.6. The molecular formula is C29H38F2N4O3. The number of alkyl halides is 2. The van der Waals surface area contributed by atoms with Gasteiger partial charge in [-0.3, -0.25) is 14.6 Å². The number of nitrogens with zero attached hydrogens (tertiary/aromatic N) is 4. The molecule has 206 valence electrons. The van der Waals surface area contributed by atoms with E-state index in [1.807, 2.05) is 38.7 Å². The van der Waals surface area contributed by atoms with Crippen LogP contribution >= 0.6 is 0 Å². The molecule has 38 heavy (non-hydrogen) atoms. The number of carbonyl (C=O) groups is 2. The summed E-state index contributed by atoms with van der Waals surface area (Å²) in [5, 5.41) is 0. The van der Waals surface area contributed by atoms with Crippen LogP contribution in [0.2, 0.25) is 0 Å². The van der Waals surface area contributed by atoms with Gasteiger partial charge in [-0.05, 0) is 51.7 Å². The monoisotopic (exact) mass is 528 g/mol. The van der Waals surface area contributed by atoms with Crippen LogP contribution in [-0.4, -0.2) is 56.7 Å². The van der Waals surface area contributed by atoms with Gasteiger partial charge in [-0.15, -0.1) is 0 Å². The zero-order valence-corrected chi connectivity index (χ0v) is 23.4. The van der Waals surface area contributed by atoms with E-state index in [1.165, 1.54) is 11.1 Å². The van der Waals surface area contributed by atoms with E-state index in [2.05, 4.69) is 30.7 Å². The van der Waals surface area contributed by atoms with Crippen LogP contribution in [0.1, 0.15) is 94.9 Å². The number of fused-ring (bicyclic) bond motifs is 1. The van der Waals surface area contributed by atoms with E-state index >= 15 is 0 Å². The zero-order chi connectivity index (χ0) is 28.1. The predicted octanol–water partition coefficient (Wildman–Crippen LogP) is 6.44. The molecule has 2 aromatic rings. The third-order valence-corrected chi connectivity index (χ3v) is 7.88. The Hall–Kier alpha value is -3.10. The van der Waals surface area contributed by atoms with Crippen LogP contribution < -0.4 is 9.64 Å². The number of anilines is 2. The highest BCUT2D eigenvalue weighted by atomic mass is 19.3. The minimum atomic E-state index is -2.74. The lowest BCUT2D eigenvalue weighted by atomic mass is 9.81. The van der Waals surface area contributed by atoms with Crippen molar-refractivity contribution in [3.05, 3.63) is 41.9 Å². The highest BCUT2D eigenvalue weighted by Gasteiger charge is 2.50. The number of hydrogen-bond acceptors (Lipinski definition) is 6. The second kappa shape index (κ2) is 9.58. The smallest absolute Gasteiger partial charge is 0.255 e. The van der Waals surface area contributed by atoms with Crippen molar-refractivity contribution >= 4 is 23.2 Å². The molecule has 4 heterocycles. The fraction of sp³-hybridized carbons (Fsp3) is 0.586. The summed E-state index contributed by atoms with van der Waals surface area (Å²) in [6, 6.07) is 3.47. The summed E-state index contributed by atoms with van der Waals surface area (Å²) in [7, 11) is 0. The third-order valence-electron chi connectivity index (χ3n) is 7.88. The van der Waals surface area contributed by atoms with Crippen molar-refractivity contribution in [1.29, 1.82) is 0 Å². The molecule has 9 heteroatoms. The first-order chi connectivity index (χ1) is 17.5. The van der Waals surface area contributed by atoms with Gasteiger partial charge in [0.05, 0.1) is 23.0 Å². The SMILES string of the molecule is CC(C)(C)CCC(=O)c1cncc(N2c3ncc(C(=O)N4CCC(F)(F)CC4)cc3OC(C)(C)C2(C)C)c1. The van der Waals surface area contributed by atoms with Gasteiger partial charge in [-0.25, -0.2) is 13.8 Å². The number of hydrogen-bond donors (Lipinski definition) is 0. The van der Waals surface area contributed by atoms with Crippen LogP contribution in [0.25, 0.3) is 0 Å². The lowest BCUT2D eigenvalue weighted by molar-refractivity contribution is -0.0494. The molecule has 0 atom stereocenters. The van der Waals surface area contributed by atoms with Gasteiger partial charge in [0.15, 0.2) is 17.4 Å². The average molecular weight is 529 g/mol. The molecule has 1 fully saturated rings. The van der Waals surface area contributed by atoms with Crippen molar-refractivity contribution in [2.24, 2.45) is 5.41 Å². The number of halogens is 2. The van der Waals surface area contributed by atoms with Gasteiger partial charge in [0, 0.05) is 50.3 Å². The molecule has 0 unspecified atom stereocenters.